The van der Waals surface area contributed by atoms with Crippen LogP contribution < -0.4 is 5.73 Å². The van der Waals surface area contributed by atoms with Crippen LogP contribution in [0, 0.1) is 0 Å². The molecule has 0 spiro atoms. The lowest BCUT2D eigenvalue weighted by molar-refractivity contribution is -0.145. The maximum atomic E-state index is 11.2. The fourth-order valence-electron chi connectivity index (χ4n) is 1.29. The lowest BCUT2D eigenvalue weighted by Crippen LogP contribution is -2.57. The Morgan fingerprint density at radius 3 is 2.38 bits per heavy atom. The number of esters is 1. The van der Waals surface area contributed by atoms with Crippen LogP contribution in [-0.2, 0) is 19.6 Å². The Balaban J connectivity index is 5.19. The van der Waals surface area contributed by atoms with E-state index in [0.29, 0.717) is 0 Å². The molecule has 2 atom stereocenters. The number of ether oxygens (including phenoxy) is 1. The molecule has 16 heavy (non-hydrogen) atoms. The van der Waals surface area contributed by atoms with Gasteiger partial charge in [0.15, 0.2) is 4.87 Å². The van der Waals surface area contributed by atoms with Gasteiger partial charge in [0, 0.05) is 6.08 Å². The fourth-order valence-corrected chi connectivity index (χ4v) is 2.20. The number of carbonyl (C=O) groups is 1. The molecule has 2 unspecified atom stereocenters. The zero-order valence-corrected chi connectivity index (χ0v) is 10.2. The highest BCUT2D eigenvalue weighted by Crippen LogP contribution is 2.24. The summed E-state index contributed by atoms with van der Waals surface area (Å²) in [6.45, 7) is 6.28. The average Bonchev–Trinajstić information content (AvgIpc) is 2.22. The first-order valence-corrected chi connectivity index (χ1v) is 6.25. The van der Waals surface area contributed by atoms with Crippen molar-refractivity contribution < 1.29 is 22.5 Å². The van der Waals surface area contributed by atoms with Gasteiger partial charge in [-0.2, -0.15) is 8.42 Å². The van der Waals surface area contributed by atoms with Crippen LogP contribution in [0.2, 0.25) is 0 Å². The van der Waals surface area contributed by atoms with Crippen LogP contribution >= 0.6 is 0 Å². The number of carbonyl (C=O) groups excluding carboxylic acids is 1. The molecule has 0 aliphatic heterocycles. The number of rotatable bonds is 6. The molecule has 0 amide bonds. The van der Waals surface area contributed by atoms with Gasteiger partial charge in [-0.25, -0.2) is 4.79 Å². The molecule has 0 aromatic carbocycles. The van der Waals surface area contributed by atoms with Gasteiger partial charge in [0.2, 0.25) is 0 Å². The molecule has 3 N–H and O–H groups in total. The molecule has 0 fully saturated rings. The van der Waals surface area contributed by atoms with Gasteiger partial charge in [-0.3, -0.25) is 4.55 Å². The summed E-state index contributed by atoms with van der Waals surface area (Å²) in [6, 6.07) is 0. The van der Waals surface area contributed by atoms with E-state index in [9.17, 15) is 13.2 Å². The van der Waals surface area contributed by atoms with E-state index in [1.165, 1.54) is 6.92 Å². The van der Waals surface area contributed by atoms with E-state index in [4.69, 9.17) is 15.0 Å². The van der Waals surface area contributed by atoms with Crippen molar-refractivity contribution in [3.05, 3.63) is 12.7 Å². The van der Waals surface area contributed by atoms with Gasteiger partial charge in [0.05, 0.1) is 0 Å². The minimum absolute atomic E-state index is 0.0746. The molecule has 94 valence electrons. The second-order valence-corrected chi connectivity index (χ2v) is 5.03. The van der Waals surface area contributed by atoms with Gasteiger partial charge in [-0.05, 0) is 12.8 Å². The summed E-state index contributed by atoms with van der Waals surface area (Å²) >= 11 is 0. The molecular formula is C9H17NO5S. The molecule has 0 saturated heterocycles. The molecule has 0 saturated carbocycles. The van der Waals surface area contributed by atoms with E-state index >= 15 is 0 Å². The first kappa shape index (κ1) is 15.1. The maximum Gasteiger partial charge on any atom is 0.330 e. The van der Waals surface area contributed by atoms with Crippen LogP contribution in [0.25, 0.3) is 0 Å². The Kier molecular flexibility index (Phi) is 5.11. The predicted octanol–water partition coefficient (Wildman–Crippen LogP) is 0.447. The largest absolute Gasteiger partial charge is 0.456 e. The summed E-state index contributed by atoms with van der Waals surface area (Å²) in [5.41, 5.74) is 5.58. The minimum Gasteiger partial charge on any atom is -0.456 e. The standard InChI is InChI=1S/C9H17NO5S/c1-4-7(15-8(11)5-2)9(10,6-3)16(12,13)14/h5,7H,2,4,6,10H2,1,3H3,(H,12,13,14). The van der Waals surface area contributed by atoms with Crippen molar-refractivity contribution >= 4 is 16.1 Å². The summed E-state index contributed by atoms with van der Waals surface area (Å²) in [7, 11) is -4.51. The van der Waals surface area contributed by atoms with Crippen LogP contribution in [0.15, 0.2) is 12.7 Å². The van der Waals surface area contributed by atoms with Crippen molar-refractivity contribution in [3.63, 3.8) is 0 Å². The van der Waals surface area contributed by atoms with Crippen LogP contribution in [0.1, 0.15) is 26.7 Å². The minimum atomic E-state index is -4.51. The molecule has 0 rings (SSSR count). The highest BCUT2D eigenvalue weighted by atomic mass is 32.2. The van der Waals surface area contributed by atoms with E-state index < -0.39 is 27.1 Å². The topological polar surface area (TPSA) is 107 Å². The third kappa shape index (κ3) is 3.03. The number of nitrogens with two attached hydrogens (primary N) is 1. The second kappa shape index (κ2) is 5.42. The van der Waals surface area contributed by atoms with Crippen molar-refractivity contribution in [2.75, 3.05) is 0 Å². The quantitative estimate of drug-likeness (QED) is 0.403. The van der Waals surface area contributed by atoms with Gasteiger partial charge in [-0.15, -0.1) is 0 Å². The first-order chi connectivity index (χ1) is 7.22. The SMILES string of the molecule is C=CC(=O)OC(CC)C(N)(CC)S(=O)(=O)O. The van der Waals surface area contributed by atoms with Gasteiger partial charge < -0.3 is 10.5 Å². The summed E-state index contributed by atoms with van der Waals surface area (Å²) in [5.74, 6) is -0.779. The third-order valence-electron chi connectivity index (χ3n) is 2.37. The van der Waals surface area contributed by atoms with Gasteiger partial charge >= 0.3 is 5.97 Å². The normalized spacial score (nSPS) is 17.2. The van der Waals surface area contributed by atoms with E-state index in [0.717, 1.165) is 6.08 Å². The number of hydrogen-bond donors (Lipinski definition) is 2. The van der Waals surface area contributed by atoms with E-state index in [1.807, 2.05) is 0 Å². The molecule has 7 heteroatoms. The third-order valence-corrected chi connectivity index (χ3v) is 3.89. The second-order valence-electron chi connectivity index (χ2n) is 3.32. The smallest absolute Gasteiger partial charge is 0.330 e. The van der Waals surface area contributed by atoms with Gasteiger partial charge in [0.25, 0.3) is 10.1 Å². The molecule has 0 bridgehead atoms. The summed E-state index contributed by atoms with van der Waals surface area (Å²) in [6.07, 6.45) is -0.112. The van der Waals surface area contributed by atoms with Crippen molar-refractivity contribution in [1.29, 1.82) is 0 Å². The lowest BCUT2D eigenvalue weighted by Gasteiger charge is -2.32. The molecule has 0 aromatic heterocycles. The number of hydrogen-bond acceptors (Lipinski definition) is 5. The lowest BCUT2D eigenvalue weighted by atomic mass is 10.1. The predicted molar refractivity (Wildman–Crippen MR) is 59.1 cm³/mol. The summed E-state index contributed by atoms with van der Waals surface area (Å²) in [5, 5.41) is 0. The van der Waals surface area contributed by atoms with E-state index in [-0.39, 0.29) is 12.8 Å². The summed E-state index contributed by atoms with van der Waals surface area (Å²) < 4.78 is 36.2. The van der Waals surface area contributed by atoms with E-state index in [2.05, 4.69) is 6.58 Å². The Hall–Kier alpha value is -0.920. The average molecular weight is 251 g/mol. The Labute approximate surface area is 95.2 Å². The van der Waals surface area contributed by atoms with Crippen molar-refractivity contribution in [2.24, 2.45) is 5.73 Å². The summed E-state index contributed by atoms with van der Waals surface area (Å²) in [4.78, 5) is 9.01. The monoisotopic (exact) mass is 251 g/mol. The van der Waals surface area contributed by atoms with E-state index in [1.54, 1.807) is 6.92 Å². The van der Waals surface area contributed by atoms with Crippen LogP contribution in [-0.4, -0.2) is 29.9 Å². The van der Waals surface area contributed by atoms with Gasteiger partial charge in [-0.1, -0.05) is 20.4 Å². The molecule has 6 nitrogen and oxygen atoms in total. The Bertz CT molecular complexity index is 364. The molecule has 0 aliphatic carbocycles. The van der Waals surface area contributed by atoms with Crippen molar-refractivity contribution in [1.82, 2.24) is 0 Å². The van der Waals surface area contributed by atoms with Crippen LogP contribution in [0.3, 0.4) is 0 Å². The van der Waals surface area contributed by atoms with Crippen LogP contribution in [0.5, 0.6) is 0 Å². The maximum absolute atomic E-state index is 11.2. The molecule has 0 aliphatic rings. The van der Waals surface area contributed by atoms with Crippen molar-refractivity contribution in [3.8, 4) is 0 Å². The first-order valence-electron chi connectivity index (χ1n) is 4.81. The zero-order valence-electron chi connectivity index (χ0n) is 9.34. The van der Waals surface area contributed by atoms with Crippen LogP contribution in [0.4, 0.5) is 0 Å². The van der Waals surface area contributed by atoms with Gasteiger partial charge in [0.1, 0.15) is 6.10 Å². The molecule has 0 heterocycles. The Morgan fingerprint density at radius 2 is 2.12 bits per heavy atom. The zero-order chi connectivity index (χ0) is 13.0. The Morgan fingerprint density at radius 1 is 1.62 bits per heavy atom. The molecule has 0 aromatic rings. The highest BCUT2D eigenvalue weighted by molar-refractivity contribution is 7.87. The highest BCUT2D eigenvalue weighted by Gasteiger charge is 2.46. The fraction of sp³-hybridized carbons (Fsp3) is 0.667. The van der Waals surface area contributed by atoms with Crippen molar-refractivity contribution in [2.45, 2.75) is 37.7 Å². The molecular weight excluding hydrogens is 234 g/mol. The molecule has 0 radical (unpaired) electrons.